The quantitative estimate of drug-likeness (QED) is 0.701. The molecule has 148 valence electrons. The van der Waals surface area contributed by atoms with Gasteiger partial charge in [-0.1, -0.05) is 22.9 Å². The van der Waals surface area contributed by atoms with Gasteiger partial charge in [-0.15, -0.1) is 0 Å². The van der Waals surface area contributed by atoms with Crippen molar-refractivity contribution in [3.8, 4) is 5.75 Å². The fraction of sp³-hybridized carbons (Fsp3) is 0.364. The number of ether oxygens (including phenoxy) is 1. The fourth-order valence-corrected chi connectivity index (χ4v) is 4.14. The Hall–Kier alpha value is -2.34. The van der Waals surface area contributed by atoms with Gasteiger partial charge in [-0.2, -0.15) is 0 Å². The zero-order chi connectivity index (χ0) is 20.3. The molecule has 1 saturated heterocycles. The molecule has 1 aliphatic rings. The second-order valence-electron chi connectivity index (χ2n) is 6.93. The van der Waals surface area contributed by atoms with E-state index in [4.69, 9.17) is 4.74 Å². The van der Waals surface area contributed by atoms with Gasteiger partial charge in [0.15, 0.2) is 0 Å². The van der Waals surface area contributed by atoms with Crippen molar-refractivity contribution in [2.45, 2.75) is 33.6 Å². The smallest absolute Gasteiger partial charge is 0.229 e. The van der Waals surface area contributed by atoms with Crippen molar-refractivity contribution in [1.82, 2.24) is 0 Å². The van der Waals surface area contributed by atoms with Crippen LogP contribution in [0.5, 0.6) is 5.75 Å². The standard InChI is InChI=1S/C22H25BrN2O3/c1-4-15-11-17(23)10-14(3)21(15)24-22(27)16-12-20(26)25(13-16)18-6-8-19(9-7-18)28-5-2/h6-11,16H,4-5,12-13H2,1-3H3,(H,24,27)/t16-/m1/s1. The van der Waals surface area contributed by atoms with Gasteiger partial charge < -0.3 is 15.0 Å². The Bertz CT molecular complexity index is 880. The molecule has 1 fully saturated rings. The van der Waals surface area contributed by atoms with Crippen LogP contribution in [0.2, 0.25) is 0 Å². The van der Waals surface area contributed by atoms with Crippen molar-refractivity contribution < 1.29 is 14.3 Å². The van der Waals surface area contributed by atoms with E-state index >= 15 is 0 Å². The zero-order valence-electron chi connectivity index (χ0n) is 16.4. The van der Waals surface area contributed by atoms with Crippen LogP contribution in [-0.4, -0.2) is 25.0 Å². The molecule has 1 heterocycles. The van der Waals surface area contributed by atoms with E-state index in [1.54, 1.807) is 4.90 Å². The first-order chi connectivity index (χ1) is 13.4. The average Bonchev–Trinajstić information content (AvgIpc) is 3.06. The van der Waals surface area contributed by atoms with E-state index in [-0.39, 0.29) is 24.2 Å². The number of hydrogen-bond acceptors (Lipinski definition) is 3. The summed E-state index contributed by atoms with van der Waals surface area (Å²) in [6.45, 7) is 6.95. The predicted molar refractivity (Wildman–Crippen MR) is 115 cm³/mol. The Kier molecular flexibility index (Phi) is 6.39. The monoisotopic (exact) mass is 444 g/mol. The molecule has 0 aromatic heterocycles. The molecule has 0 radical (unpaired) electrons. The van der Waals surface area contributed by atoms with Crippen LogP contribution < -0.4 is 15.0 Å². The van der Waals surface area contributed by atoms with Gasteiger partial charge in [-0.3, -0.25) is 9.59 Å². The van der Waals surface area contributed by atoms with E-state index < -0.39 is 0 Å². The first-order valence-corrected chi connectivity index (χ1v) is 10.3. The normalized spacial score (nSPS) is 16.4. The molecule has 5 nitrogen and oxygen atoms in total. The lowest BCUT2D eigenvalue weighted by Crippen LogP contribution is -2.28. The summed E-state index contributed by atoms with van der Waals surface area (Å²) in [5, 5.41) is 3.06. The van der Waals surface area contributed by atoms with Crippen LogP contribution in [0.1, 0.15) is 31.4 Å². The highest BCUT2D eigenvalue weighted by Crippen LogP contribution is 2.30. The number of aryl methyl sites for hydroxylation is 2. The minimum Gasteiger partial charge on any atom is -0.494 e. The topological polar surface area (TPSA) is 58.6 Å². The van der Waals surface area contributed by atoms with Crippen molar-refractivity contribution in [2.75, 3.05) is 23.4 Å². The molecule has 0 spiro atoms. The molecule has 0 aliphatic carbocycles. The number of hydrogen-bond donors (Lipinski definition) is 1. The van der Waals surface area contributed by atoms with Crippen molar-refractivity contribution in [1.29, 1.82) is 0 Å². The Balaban J connectivity index is 1.72. The third kappa shape index (κ3) is 4.38. The molecule has 2 aromatic rings. The predicted octanol–water partition coefficient (Wildman–Crippen LogP) is 4.71. The second kappa shape index (κ2) is 8.78. The largest absolute Gasteiger partial charge is 0.494 e. The van der Waals surface area contributed by atoms with Crippen LogP contribution in [0.15, 0.2) is 40.9 Å². The van der Waals surface area contributed by atoms with Crippen LogP contribution in [0.25, 0.3) is 0 Å². The van der Waals surface area contributed by atoms with Crippen molar-refractivity contribution in [2.24, 2.45) is 5.92 Å². The van der Waals surface area contributed by atoms with E-state index in [2.05, 4.69) is 28.2 Å². The molecule has 0 saturated carbocycles. The van der Waals surface area contributed by atoms with Crippen molar-refractivity contribution in [3.05, 3.63) is 52.0 Å². The number of amides is 2. The van der Waals surface area contributed by atoms with E-state index in [1.165, 1.54) is 0 Å². The zero-order valence-corrected chi connectivity index (χ0v) is 18.0. The molecule has 1 N–H and O–H groups in total. The van der Waals surface area contributed by atoms with Gasteiger partial charge in [0, 0.05) is 28.8 Å². The Morgan fingerprint density at radius 1 is 1.25 bits per heavy atom. The van der Waals surface area contributed by atoms with Crippen molar-refractivity contribution in [3.63, 3.8) is 0 Å². The molecule has 1 atom stereocenters. The third-order valence-electron chi connectivity index (χ3n) is 4.97. The highest BCUT2D eigenvalue weighted by atomic mass is 79.9. The summed E-state index contributed by atoms with van der Waals surface area (Å²) in [4.78, 5) is 27.0. The molecular formula is C22H25BrN2O3. The van der Waals surface area contributed by atoms with E-state index in [0.29, 0.717) is 13.2 Å². The minimum absolute atomic E-state index is 0.0347. The molecule has 0 unspecified atom stereocenters. The second-order valence-corrected chi connectivity index (χ2v) is 7.85. The average molecular weight is 445 g/mol. The summed E-state index contributed by atoms with van der Waals surface area (Å²) in [6.07, 6.45) is 1.04. The molecule has 2 aromatic carbocycles. The van der Waals surface area contributed by atoms with E-state index in [1.807, 2.05) is 50.2 Å². The van der Waals surface area contributed by atoms with Crippen LogP contribution >= 0.6 is 15.9 Å². The summed E-state index contributed by atoms with van der Waals surface area (Å²) in [5.41, 5.74) is 3.72. The molecule has 0 bridgehead atoms. The summed E-state index contributed by atoms with van der Waals surface area (Å²) in [6, 6.07) is 11.4. The lowest BCUT2D eigenvalue weighted by Gasteiger charge is -2.18. The summed E-state index contributed by atoms with van der Waals surface area (Å²) < 4.78 is 6.44. The number of rotatable bonds is 6. The number of benzene rings is 2. The minimum atomic E-state index is -0.369. The maximum absolute atomic E-state index is 12.9. The van der Waals surface area contributed by atoms with Crippen LogP contribution in [0.3, 0.4) is 0 Å². The number of carbonyl (C=O) groups excluding carboxylic acids is 2. The van der Waals surface area contributed by atoms with Gasteiger partial charge in [-0.25, -0.2) is 0 Å². The fourth-order valence-electron chi connectivity index (χ4n) is 3.52. The van der Waals surface area contributed by atoms with Crippen molar-refractivity contribution >= 4 is 39.1 Å². The maximum Gasteiger partial charge on any atom is 0.229 e. The van der Waals surface area contributed by atoms with E-state index in [0.717, 1.165) is 39.1 Å². The molecule has 1 aliphatic heterocycles. The highest BCUT2D eigenvalue weighted by Gasteiger charge is 2.35. The number of carbonyl (C=O) groups is 2. The van der Waals surface area contributed by atoms with Gasteiger partial charge >= 0.3 is 0 Å². The van der Waals surface area contributed by atoms with Gasteiger partial charge in [0.1, 0.15) is 5.75 Å². The lowest BCUT2D eigenvalue weighted by atomic mass is 10.0. The van der Waals surface area contributed by atoms with Gasteiger partial charge in [0.25, 0.3) is 0 Å². The Labute approximate surface area is 174 Å². The Morgan fingerprint density at radius 3 is 2.61 bits per heavy atom. The van der Waals surface area contributed by atoms with Crippen LogP contribution in [-0.2, 0) is 16.0 Å². The summed E-state index contributed by atoms with van der Waals surface area (Å²) in [7, 11) is 0. The molecular weight excluding hydrogens is 420 g/mol. The van der Waals surface area contributed by atoms with Gasteiger partial charge in [-0.05, 0) is 67.8 Å². The maximum atomic E-state index is 12.9. The van der Waals surface area contributed by atoms with Crippen LogP contribution in [0.4, 0.5) is 11.4 Å². The number of halogens is 1. The van der Waals surface area contributed by atoms with Gasteiger partial charge in [0.2, 0.25) is 11.8 Å². The lowest BCUT2D eigenvalue weighted by molar-refractivity contribution is -0.122. The summed E-state index contributed by atoms with van der Waals surface area (Å²) >= 11 is 3.50. The van der Waals surface area contributed by atoms with E-state index in [9.17, 15) is 9.59 Å². The van der Waals surface area contributed by atoms with Gasteiger partial charge in [0.05, 0.1) is 12.5 Å². The highest BCUT2D eigenvalue weighted by molar-refractivity contribution is 9.10. The third-order valence-corrected chi connectivity index (χ3v) is 5.42. The first kappa shape index (κ1) is 20.4. The molecule has 3 rings (SSSR count). The molecule has 2 amide bonds. The van der Waals surface area contributed by atoms with Crippen LogP contribution in [0, 0.1) is 12.8 Å². The first-order valence-electron chi connectivity index (χ1n) is 9.56. The molecule has 28 heavy (non-hydrogen) atoms. The summed E-state index contributed by atoms with van der Waals surface area (Å²) in [5.74, 6) is 0.256. The Morgan fingerprint density at radius 2 is 1.96 bits per heavy atom. The number of nitrogens with one attached hydrogen (secondary N) is 1. The number of nitrogens with zero attached hydrogens (tertiary/aromatic N) is 1. The number of anilines is 2. The molecule has 6 heteroatoms. The SMILES string of the molecule is CCOc1ccc(N2C[C@H](C(=O)Nc3c(C)cc(Br)cc3CC)CC2=O)cc1.